The Morgan fingerprint density at radius 3 is 2.50 bits per heavy atom. The summed E-state index contributed by atoms with van der Waals surface area (Å²) in [5.41, 5.74) is 7.49. The van der Waals surface area contributed by atoms with Gasteiger partial charge in [-0.05, 0) is 30.2 Å². The third kappa shape index (κ3) is 3.86. The van der Waals surface area contributed by atoms with E-state index in [1.54, 1.807) is 23.1 Å². The topological polar surface area (TPSA) is 64.8 Å². The number of nitrogens with zero attached hydrogens (tertiary/aromatic N) is 1. The maximum atomic E-state index is 12.8. The third-order valence-corrected chi connectivity index (χ3v) is 3.99. The van der Waals surface area contributed by atoms with Gasteiger partial charge in [0.1, 0.15) is 13.2 Å². The Kier molecular flexibility index (Phi) is 5.33. The zero-order valence-corrected chi connectivity index (χ0v) is 13.6. The van der Waals surface area contributed by atoms with Gasteiger partial charge in [-0.2, -0.15) is 0 Å². The molecule has 5 nitrogen and oxygen atoms in total. The predicted octanol–water partition coefficient (Wildman–Crippen LogP) is 2.10. The normalized spacial score (nSPS) is 12.7. The molecule has 1 amide bonds. The molecule has 3 rings (SSSR count). The second-order valence-electron chi connectivity index (χ2n) is 5.67. The van der Waals surface area contributed by atoms with Gasteiger partial charge in [-0.3, -0.25) is 4.79 Å². The van der Waals surface area contributed by atoms with Crippen molar-refractivity contribution in [2.24, 2.45) is 5.73 Å². The van der Waals surface area contributed by atoms with Gasteiger partial charge in [0.15, 0.2) is 11.5 Å². The molecule has 1 aliphatic rings. The number of carbonyl (C=O) groups excluding carboxylic acids is 1. The number of nitrogens with two attached hydrogens (primary N) is 1. The molecule has 0 radical (unpaired) electrons. The summed E-state index contributed by atoms with van der Waals surface area (Å²) >= 11 is 0. The molecule has 2 aromatic carbocycles. The third-order valence-electron chi connectivity index (χ3n) is 3.99. The molecule has 24 heavy (non-hydrogen) atoms. The van der Waals surface area contributed by atoms with Gasteiger partial charge in [0, 0.05) is 25.2 Å². The van der Waals surface area contributed by atoms with Crippen molar-refractivity contribution in [3.05, 3.63) is 59.7 Å². The fraction of sp³-hybridized carbons (Fsp3) is 0.316. The molecule has 0 aromatic heterocycles. The Bertz CT molecular complexity index is 688. The Morgan fingerprint density at radius 1 is 1.00 bits per heavy atom. The molecule has 1 aliphatic heterocycles. The quantitative estimate of drug-likeness (QED) is 0.883. The van der Waals surface area contributed by atoms with E-state index in [2.05, 4.69) is 12.1 Å². The minimum Gasteiger partial charge on any atom is -0.486 e. The highest BCUT2D eigenvalue weighted by atomic mass is 16.6. The average molecular weight is 326 g/mol. The first-order chi connectivity index (χ1) is 11.8. The number of benzene rings is 2. The average Bonchev–Trinajstić information content (AvgIpc) is 2.65. The van der Waals surface area contributed by atoms with Crippen molar-refractivity contribution in [2.45, 2.75) is 6.42 Å². The van der Waals surface area contributed by atoms with Gasteiger partial charge in [-0.1, -0.05) is 30.3 Å². The van der Waals surface area contributed by atoms with Gasteiger partial charge in [0.2, 0.25) is 0 Å². The van der Waals surface area contributed by atoms with Crippen LogP contribution in [-0.2, 0) is 6.42 Å². The highest BCUT2D eigenvalue weighted by Crippen LogP contribution is 2.31. The molecule has 0 atom stereocenters. The second-order valence-corrected chi connectivity index (χ2v) is 5.67. The van der Waals surface area contributed by atoms with E-state index < -0.39 is 0 Å². The fourth-order valence-electron chi connectivity index (χ4n) is 2.74. The molecule has 2 aromatic rings. The number of hydrogen-bond donors (Lipinski definition) is 1. The van der Waals surface area contributed by atoms with Crippen LogP contribution < -0.4 is 15.2 Å². The minimum atomic E-state index is -0.0339. The molecule has 0 bridgehead atoms. The summed E-state index contributed by atoms with van der Waals surface area (Å²) in [5, 5.41) is 0. The van der Waals surface area contributed by atoms with Crippen molar-refractivity contribution >= 4 is 5.91 Å². The van der Waals surface area contributed by atoms with E-state index in [-0.39, 0.29) is 5.91 Å². The van der Waals surface area contributed by atoms with Crippen LogP contribution in [0.3, 0.4) is 0 Å². The minimum absolute atomic E-state index is 0.0339. The van der Waals surface area contributed by atoms with Crippen LogP contribution in [-0.4, -0.2) is 43.7 Å². The molecule has 0 aliphatic carbocycles. The summed E-state index contributed by atoms with van der Waals surface area (Å²) in [7, 11) is 0. The summed E-state index contributed by atoms with van der Waals surface area (Å²) in [6, 6.07) is 15.5. The molecule has 0 saturated carbocycles. The van der Waals surface area contributed by atoms with E-state index in [1.165, 1.54) is 5.56 Å². The van der Waals surface area contributed by atoms with Crippen LogP contribution in [0.1, 0.15) is 15.9 Å². The van der Waals surface area contributed by atoms with E-state index in [4.69, 9.17) is 15.2 Å². The van der Waals surface area contributed by atoms with Crippen molar-refractivity contribution in [1.82, 2.24) is 4.90 Å². The molecule has 0 spiro atoms. The highest BCUT2D eigenvalue weighted by Gasteiger charge is 2.19. The van der Waals surface area contributed by atoms with Crippen LogP contribution in [0.5, 0.6) is 11.5 Å². The number of ether oxygens (including phenoxy) is 2. The monoisotopic (exact) mass is 326 g/mol. The summed E-state index contributed by atoms with van der Waals surface area (Å²) in [5.74, 6) is 1.28. The van der Waals surface area contributed by atoms with E-state index in [0.717, 1.165) is 6.42 Å². The van der Waals surface area contributed by atoms with Crippen molar-refractivity contribution < 1.29 is 14.3 Å². The first kappa shape index (κ1) is 16.3. The number of carbonyl (C=O) groups is 1. The molecule has 1 heterocycles. The summed E-state index contributed by atoms with van der Waals surface area (Å²) in [4.78, 5) is 14.6. The summed E-state index contributed by atoms with van der Waals surface area (Å²) in [6.07, 6.45) is 0.803. The first-order valence-corrected chi connectivity index (χ1v) is 8.21. The van der Waals surface area contributed by atoms with E-state index in [9.17, 15) is 4.79 Å². The summed E-state index contributed by atoms with van der Waals surface area (Å²) < 4.78 is 11.1. The van der Waals surface area contributed by atoms with Gasteiger partial charge >= 0.3 is 0 Å². The van der Waals surface area contributed by atoms with Crippen molar-refractivity contribution in [3.8, 4) is 11.5 Å². The standard InChI is InChI=1S/C19H22N2O3/c20-9-11-21(10-8-15-4-2-1-3-5-15)19(22)16-6-7-17-18(14-16)24-13-12-23-17/h1-7,14H,8-13,20H2. The fourth-order valence-corrected chi connectivity index (χ4v) is 2.74. The molecule has 2 N–H and O–H groups in total. The van der Waals surface area contributed by atoms with Crippen molar-refractivity contribution in [2.75, 3.05) is 32.8 Å². The Hall–Kier alpha value is -2.53. The summed E-state index contributed by atoms with van der Waals surface area (Å²) in [6.45, 7) is 2.64. The zero-order valence-electron chi connectivity index (χ0n) is 13.6. The van der Waals surface area contributed by atoms with Crippen LogP contribution >= 0.6 is 0 Å². The Morgan fingerprint density at radius 2 is 1.75 bits per heavy atom. The van der Waals surface area contributed by atoms with Crippen LogP contribution in [0.25, 0.3) is 0 Å². The van der Waals surface area contributed by atoms with Crippen LogP contribution in [0.2, 0.25) is 0 Å². The second kappa shape index (κ2) is 7.84. The number of rotatable bonds is 6. The lowest BCUT2D eigenvalue weighted by Gasteiger charge is -2.24. The van der Waals surface area contributed by atoms with Crippen molar-refractivity contribution in [1.29, 1.82) is 0 Å². The molecule has 0 unspecified atom stereocenters. The molecular weight excluding hydrogens is 304 g/mol. The van der Waals surface area contributed by atoms with Gasteiger partial charge in [-0.15, -0.1) is 0 Å². The van der Waals surface area contributed by atoms with Crippen molar-refractivity contribution in [3.63, 3.8) is 0 Å². The lowest BCUT2D eigenvalue weighted by molar-refractivity contribution is 0.0761. The molecule has 0 saturated heterocycles. The first-order valence-electron chi connectivity index (χ1n) is 8.21. The van der Waals surface area contributed by atoms with E-state index >= 15 is 0 Å². The number of fused-ring (bicyclic) bond motifs is 1. The van der Waals surface area contributed by atoms with Gasteiger partial charge < -0.3 is 20.1 Å². The van der Waals surface area contributed by atoms with Crippen LogP contribution in [0.4, 0.5) is 0 Å². The molecule has 0 fully saturated rings. The Labute approximate surface area is 142 Å². The maximum absolute atomic E-state index is 12.8. The lowest BCUT2D eigenvalue weighted by atomic mass is 10.1. The molecular formula is C19H22N2O3. The largest absolute Gasteiger partial charge is 0.486 e. The Balaban J connectivity index is 1.71. The molecule has 126 valence electrons. The van der Waals surface area contributed by atoms with Crippen LogP contribution in [0, 0.1) is 0 Å². The zero-order chi connectivity index (χ0) is 16.8. The van der Waals surface area contributed by atoms with Gasteiger partial charge in [-0.25, -0.2) is 0 Å². The maximum Gasteiger partial charge on any atom is 0.254 e. The SMILES string of the molecule is NCCN(CCc1ccccc1)C(=O)c1ccc2c(c1)OCCO2. The number of hydrogen-bond acceptors (Lipinski definition) is 4. The van der Waals surface area contributed by atoms with E-state index in [0.29, 0.717) is 49.9 Å². The lowest BCUT2D eigenvalue weighted by Crippen LogP contribution is -2.37. The van der Waals surface area contributed by atoms with Gasteiger partial charge in [0.25, 0.3) is 5.91 Å². The van der Waals surface area contributed by atoms with Gasteiger partial charge in [0.05, 0.1) is 0 Å². The smallest absolute Gasteiger partial charge is 0.254 e. The highest BCUT2D eigenvalue weighted by molar-refractivity contribution is 5.95. The predicted molar refractivity (Wildman–Crippen MR) is 92.5 cm³/mol. The number of amides is 1. The van der Waals surface area contributed by atoms with Crippen LogP contribution in [0.15, 0.2) is 48.5 Å². The van der Waals surface area contributed by atoms with E-state index in [1.807, 2.05) is 18.2 Å². The molecule has 5 heteroatoms.